The zero-order valence-corrected chi connectivity index (χ0v) is 19.2. The number of aromatic nitrogens is 5. The predicted octanol–water partition coefficient (Wildman–Crippen LogP) is 2.10. The fraction of sp³-hybridized carbons (Fsp3) is 0.545. The van der Waals surface area contributed by atoms with E-state index in [4.69, 9.17) is 14.2 Å². The topological polar surface area (TPSA) is 107 Å². The van der Waals surface area contributed by atoms with Crippen LogP contribution in [0.1, 0.15) is 44.6 Å². The summed E-state index contributed by atoms with van der Waals surface area (Å²) in [6, 6.07) is 5.12. The molecular weight excluding hydrogens is 412 g/mol. The van der Waals surface area contributed by atoms with Gasteiger partial charge in [-0.25, -0.2) is 4.68 Å². The van der Waals surface area contributed by atoms with Crippen molar-refractivity contribution in [1.29, 1.82) is 0 Å². The van der Waals surface area contributed by atoms with Crippen molar-refractivity contribution in [3.63, 3.8) is 0 Å². The standard InChI is InChI=1S/C22H30N6O4/c1-6-22(2,3)28-20(24-25-26-28)19(27-7-9-32-10-8-27)15-11-14-12-17(30-4)18(31-5)13-16(14)23-21(15)29/h11-13,19H,6-10H2,1-5H3,(H,23,29)/t19-/m0/s1. The van der Waals surface area contributed by atoms with Crippen LogP contribution in [0.5, 0.6) is 11.5 Å². The number of morpholine rings is 1. The van der Waals surface area contributed by atoms with Crippen LogP contribution in [0.3, 0.4) is 0 Å². The number of tetrazole rings is 1. The molecule has 3 heterocycles. The molecule has 0 spiro atoms. The van der Waals surface area contributed by atoms with Gasteiger partial charge >= 0.3 is 0 Å². The first-order valence-electron chi connectivity index (χ1n) is 10.8. The Labute approximate surface area is 186 Å². The van der Waals surface area contributed by atoms with E-state index < -0.39 is 6.04 Å². The molecule has 0 saturated carbocycles. The van der Waals surface area contributed by atoms with E-state index in [0.717, 1.165) is 11.8 Å². The lowest BCUT2D eigenvalue weighted by Crippen LogP contribution is -2.43. The van der Waals surface area contributed by atoms with E-state index in [0.29, 0.717) is 54.7 Å². The first-order chi connectivity index (χ1) is 15.4. The summed E-state index contributed by atoms with van der Waals surface area (Å²) < 4.78 is 18.2. The number of benzene rings is 1. The molecule has 0 aliphatic carbocycles. The molecule has 1 atom stereocenters. The molecule has 1 fully saturated rings. The van der Waals surface area contributed by atoms with Crippen LogP contribution in [0.4, 0.5) is 0 Å². The SMILES string of the molecule is CCC(C)(C)n1nnnc1[C@H](c1cc2cc(OC)c(OC)cc2[nH]c1=O)N1CCOCC1. The first-order valence-corrected chi connectivity index (χ1v) is 10.8. The Kier molecular flexibility index (Phi) is 6.16. The monoisotopic (exact) mass is 442 g/mol. The maximum Gasteiger partial charge on any atom is 0.253 e. The van der Waals surface area contributed by atoms with Crippen LogP contribution < -0.4 is 15.0 Å². The van der Waals surface area contributed by atoms with Crippen LogP contribution in [0, 0.1) is 0 Å². The third-order valence-corrected chi connectivity index (χ3v) is 6.26. The van der Waals surface area contributed by atoms with Gasteiger partial charge in [-0.3, -0.25) is 9.69 Å². The van der Waals surface area contributed by atoms with Crippen LogP contribution in [-0.2, 0) is 10.3 Å². The summed E-state index contributed by atoms with van der Waals surface area (Å²) in [6.07, 6.45) is 0.839. The van der Waals surface area contributed by atoms with Crippen molar-refractivity contribution in [2.24, 2.45) is 0 Å². The molecular formula is C22H30N6O4. The van der Waals surface area contributed by atoms with Gasteiger partial charge in [-0.15, -0.1) is 5.10 Å². The zero-order chi connectivity index (χ0) is 22.9. The molecule has 0 radical (unpaired) electrons. The molecule has 32 heavy (non-hydrogen) atoms. The van der Waals surface area contributed by atoms with E-state index >= 15 is 0 Å². The number of pyridine rings is 1. The molecule has 4 rings (SSSR count). The molecule has 0 bridgehead atoms. The number of hydrogen-bond acceptors (Lipinski definition) is 8. The summed E-state index contributed by atoms with van der Waals surface area (Å²) in [6.45, 7) is 8.80. The fourth-order valence-corrected chi connectivity index (χ4v) is 4.03. The maximum atomic E-state index is 13.3. The van der Waals surface area contributed by atoms with Gasteiger partial charge in [-0.1, -0.05) is 6.92 Å². The van der Waals surface area contributed by atoms with Gasteiger partial charge < -0.3 is 19.2 Å². The molecule has 1 aromatic carbocycles. The van der Waals surface area contributed by atoms with Gasteiger partial charge in [0.05, 0.1) is 38.5 Å². The summed E-state index contributed by atoms with van der Waals surface area (Å²) >= 11 is 0. The Morgan fingerprint density at radius 3 is 2.50 bits per heavy atom. The summed E-state index contributed by atoms with van der Waals surface area (Å²) in [5.41, 5.74) is 0.758. The lowest BCUT2D eigenvalue weighted by molar-refractivity contribution is 0.0204. The summed E-state index contributed by atoms with van der Waals surface area (Å²) in [7, 11) is 3.16. The van der Waals surface area contributed by atoms with E-state index in [-0.39, 0.29) is 11.1 Å². The largest absolute Gasteiger partial charge is 0.493 e. The number of ether oxygens (including phenoxy) is 3. The molecule has 1 N–H and O–H groups in total. The van der Waals surface area contributed by atoms with Gasteiger partial charge in [0.2, 0.25) is 0 Å². The van der Waals surface area contributed by atoms with E-state index in [1.807, 2.05) is 16.8 Å². The maximum absolute atomic E-state index is 13.3. The molecule has 10 nitrogen and oxygen atoms in total. The summed E-state index contributed by atoms with van der Waals surface area (Å²) in [5, 5.41) is 13.5. The lowest BCUT2D eigenvalue weighted by atomic mass is 9.99. The number of hydrogen-bond donors (Lipinski definition) is 1. The number of nitrogens with one attached hydrogen (secondary N) is 1. The summed E-state index contributed by atoms with van der Waals surface area (Å²) in [4.78, 5) is 18.5. The highest BCUT2D eigenvalue weighted by Gasteiger charge is 2.35. The minimum Gasteiger partial charge on any atom is -0.493 e. The Bertz CT molecular complexity index is 1150. The van der Waals surface area contributed by atoms with E-state index in [9.17, 15) is 4.79 Å². The Hall–Kier alpha value is -2.98. The Morgan fingerprint density at radius 1 is 1.16 bits per heavy atom. The van der Waals surface area contributed by atoms with Gasteiger partial charge in [0.25, 0.3) is 5.56 Å². The highest BCUT2D eigenvalue weighted by molar-refractivity contribution is 5.83. The highest BCUT2D eigenvalue weighted by Crippen LogP contribution is 2.34. The number of rotatable bonds is 7. The number of aromatic amines is 1. The summed E-state index contributed by atoms with van der Waals surface area (Å²) in [5.74, 6) is 1.80. The number of H-pyrrole nitrogens is 1. The normalized spacial score (nSPS) is 16.3. The number of methoxy groups -OCH3 is 2. The van der Waals surface area contributed by atoms with Crippen molar-refractivity contribution < 1.29 is 14.2 Å². The zero-order valence-electron chi connectivity index (χ0n) is 19.2. The quantitative estimate of drug-likeness (QED) is 0.593. The molecule has 3 aromatic rings. The van der Waals surface area contributed by atoms with Gasteiger partial charge in [0, 0.05) is 30.1 Å². The first kappa shape index (κ1) is 22.2. The molecule has 1 aliphatic heterocycles. The molecule has 0 amide bonds. The minimum atomic E-state index is -0.416. The van der Waals surface area contributed by atoms with E-state index in [1.165, 1.54) is 0 Å². The third-order valence-electron chi connectivity index (χ3n) is 6.26. The number of fused-ring (bicyclic) bond motifs is 1. The van der Waals surface area contributed by atoms with Crippen LogP contribution in [0.2, 0.25) is 0 Å². The van der Waals surface area contributed by atoms with E-state index in [2.05, 4.69) is 46.2 Å². The Morgan fingerprint density at radius 2 is 1.84 bits per heavy atom. The van der Waals surface area contributed by atoms with Crippen molar-refractivity contribution in [3.8, 4) is 11.5 Å². The average Bonchev–Trinajstić information content (AvgIpc) is 3.30. The lowest BCUT2D eigenvalue weighted by Gasteiger charge is -2.35. The van der Waals surface area contributed by atoms with Crippen molar-refractivity contribution in [3.05, 3.63) is 39.9 Å². The van der Waals surface area contributed by atoms with Crippen molar-refractivity contribution in [2.75, 3.05) is 40.5 Å². The Balaban J connectivity index is 1.91. The van der Waals surface area contributed by atoms with Crippen LogP contribution in [0.15, 0.2) is 23.0 Å². The van der Waals surface area contributed by atoms with Crippen LogP contribution in [-0.4, -0.2) is 70.6 Å². The van der Waals surface area contributed by atoms with Crippen LogP contribution in [0.25, 0.3) is 10.9 Å². The van der Waals surface area contributed by atoms with Crippen molar-refractivity contribution >= 4 is 10.9 Å². The molecule has 1 saturated heterocycles. The average molecular weight is 443 g/mol. The minimum absolute atomic E-state index is 0.190. The highest BCUT2D eigenvalue weighted by atomic mass is 16.5. The molecule has 2 aromatic heterocycles. The molecule has 172 valence electrons. The van der Waals surface area contributed by atoms with E-state index in [1.54, 1.807) is 20.3 Å². The van der Waals surface area contributed by atoms with Gasteiger partial charge in [-0.05, 0) is 42.8 Å². The van der Waals surface area contributed by atoms with Gasteiger partial charge in [-0.2, -0.15) is 0 Å². The fourth-order valence-electron chi connectivity index (χ4n) is 4.03. The predicted molar refractivity (Wildman–Crippen MR) is 119 cm³/mol. The number of nitrogens with zero attached hydrogens (tertiary/aromatic N) is 5. The second kappa shape index (κ2) is 8.87. The van der Waals surface area contributed by atoms with Crippen molar-refractivity contribution in [1.82, 2.24) is 30.1 Å². The van der Waals surface area contributed by atoms with Crippen molar-refractivity contribution in [2.45, 2.75) is 38.8 Å². The van der Waals surface area contributed by atoms with Crippen LogP contribution >= 0.6 is 0 Å². The smallest absolute Gasteiger partial charge is 0.253 e. The van der Waals surface area contributed by atoms with Gasteiger partial charge in [0.15, 0.2) is 17.3 Å². The molecule has 0 unspecified atom stereocenters. The third kappa shape index (κ3) is 3.95. The molecule has 10 heteroatoms. The van der Waals surface area contributed by atoms with Gasteiger partial charge in [0.1, 0.15) is 6.04 Å². The second-order valence-electron chi connectivity index (χ2n) is 8.51. The molecule has 1 aliphatic rings. The second-order valence-corrected chi connectivity index (χ2v) is 8.51.